The zero-order chi connectivity index (χ0) is 20.5. The monoisotopic (exact) mass is 413 g/mol. The Morgan fingerprint density at radius 2 is 1.62 bits per heavy atom. The van der Waals surface area contributed by atoms with Gasteiger partial charge in [-0.2, -0.15) is 0 Å². The normalized spacial score (nSPS) is 20.1. The summed E-state index contributed by atoms with van der Waals surface area (Å²) in [6, 6.07) is 16.2. The number of aryl methyl sites for hydroxylation is 1. The molecular formula is C23H31N3O2S. The van der Waals surface area contributed by atoms with Crippen LogP contribution >= 0.6 is 0 Å². The molecule has 4 rings (SSSR count). The summed E-state index contributed by atoms with van der Waals surface area (Å²) in [5.74, 6) is 0. The van der Waals surface area contributed by atoms with Crippen molar-refractivity contribution in [3.8, 4) is 0 Å². The Morgan fingerprint density at radius 1 is 1.00 bits per heavy atom. The van der Waals surface area contributed by atoms with Crippen LogP contribution in [0.2, 0.25) is 0 Å². The van der Waals surface area contributed by atoms with Crippen molar-refractivity contribution in [1.82, 2.24) is 5.32 Å². The summed E-state index contributed by atoms with van der Waals surface area (Å²) in [5.41, 5.74) is 4.04. The fraction of sp³-hybridized carbons (Fsp3) is 0.478. The first kappa shape index (κ1) is 20.4. The number of hydrogen-bond acceptors (Lipinski definition) is 4. The second kappa shape index (κ2) is 8.09. The third-order valence-electron chi connectivity index (χ3n) is 6.62. The van der Waals surface area contributed by atoms with Crippen LogP contribution in [-0.2, 0) is 15.6 Å². The smallest absolute Gasteiger partial charge is 0.238 e. The Labute approximate surface area is 174 Å². The lowest BCUT2D eigenvalue weighted by atomic mass is 9.83. The molecule has 2 aromatic carbocycles. The molecule has 29 heavy (non-hydrogen) atoms. The van der Waals surface area contributed by atoms with E-state index in [4.69, 9.17) is 5.14 Å². The largest absolute Gasteiger partial charge is 0.371 e. The van der Waals surface area contributed by atoms with E-state index >= 15 is 0 Å². The van der Waals surface area contributed by atoms with Crippen molar-refractivity contribution in [2.24, 2.45) is 5.14 Å². The van der Waals surface area contributed by atoms with Crippen molar-refractivity contribution >= 4 is 15.7 Å². The summed E-state index contributed by atoms with van der Waals surface area (Å²) in [6.07, 6.45) is 7.18. The van der Waals surface area contributed by atoms with Crippen LogP contribution in [0.15, 0.2) is 53.4 Å². The molecule has 1 aliphatic heterocycles. The lowest BCUT2D eigenvalue weighted by molar-refractivity contribution is 0.265. The number of sulfonamides is 1. The molecule has 1 saturated carbocycles. The summed E-state index contributed by atoms with van der Waals surface area (Å²) in [7, 11) is -3.64. The maximum Gasteiger partial charge on any atom is 0.238 e. The zero-order valence-corrected chi connectivity index (χ0v) is 17.9. The molecule has 0 unspecified atom stereocenters. The highest BCUT2D eigenvalue weighted by molar-refractivity contribution is 7.89. The van der Waals surface area contributed by atoms with Crippen LogP contribution in [0.1, 0.15) is 49.7 Å². The van der Waals surface area contributed by atoms with Crippen LogP contribution < -0.4 is 15.4 Å². The molecule has 1 saturated heterocycles. The number of nitrogens with zero attached hydrogens (tertiary/aromatic N) is 1. The van der Waals surface area contributed by atoms with Gasteiger partial charge in [-0.15, -0.1) is 0 Å². The van der Waals surface area contributed by atoms with Crippen molar-refractivity contribution < 1.29 is 8.42 Å². The molecule has 156 valence electrons. The molecule has 0 aromatic heterocycles. The number of rotatable bonds is 5. The van der Waals surface area contributed by atoms with Gasteiger partial charge in [0.25, 0.3) is 0 Å². The molecule has 2 aromatic rings. The number of nitrogens with two attached hydrogens (primary N) is 1. The van der Waals surface area contributed by atoms with E-state index in [0.29, 0.717) is 6.04 Å². The average molecular weight is 414 g/mol. The van der Waals surface area contributed by atoms with E-state index in [1.54, 1.807) is 12.1 Å². The van der Waals surface area contributed by atoms with Crippen LogP contribution in [0.4, 0.5) is 5.69 Å². The first-order valence-corrected chi connectivity index (χ1v) is 12.1. The summed E-state index contributed by atoms with van der Waals surface area (Å²) in [4.78, 5) is 2.50. The molecule has 0 bridgehead atoms. The highest BCUT2D eigenvalue weighted by Crippen LogP contribution is 2.41. The average Bonchev–Trinajstić information content (AvgIpc) is 3.18. The quantitative estimate of drug-likeness (QED) is 0.784. The Kier molecular flexibility index (Phi) is 5.69. The standard InChI is InChI=1S/C23H31N3O2S/c1-18-6-2-3-7-22(18)23(14-4-5-15-23)25-19-12-16-26(17-13-19)20-8-10-21(11-9-20)29(24,27)28/h2-3,6-11,19,25H,4-5,12-17H2,1H3,(H2,24,27,28). The molecule has 5 nitrogen and oxygen atoms in total. The van der Waals surface area contributed by atoms with Gasteiger partial charge in [0.05, 0.1) is 4.90 Å². The number of piperidine rings is 1. The van der Waals surface area contributed by atoms with Crippen molar-refractivity contribution in [2.45, 2.75) is 61.9 Å². The van der Waals surface area contributed by atoms with Crippen LogP contribution in [0.3, 0.4) is 0 Å². The van der Waals surface area contributed by atoms with Crippen LogP contribution in [0.5, 0.6) is 0 Å². The van der Waals surface area contributed by atoms with Crippen molar-refractivity contribution in [2.75, 3.05) is 18.0 Å². The third-order valence-corrected chi connectivity index (χ3v) is 7.55. The first-order valence-electron chi connectivity index (χ1n) is 10.6. The van der Waals surface area contributed by atoms with Crippen molar-refractivity contribution in [1.29, 1.82) is 0 Å². The SMILES string of the molecule is Cc1ccccc1C1(NC2CCN(c3ccc(S(N)(=O)=O)cc3)CC2)CCCC1. The Balaban J connectivity index is 1.42. The highest BCUT2D eigenvalue weighted by atomic mass is 32.2. The molecule has 3 N–H and O–H groups in total. The molecule has 6 heteroatoms. The van der Waals surface area contributed by atoms with E-state index in [9.17, 15) is 8.42 Å². The van der Waals surface area contributed by atoms with Gasteiger partial charge >= 0.3 is 0 Å². The summed E-state index contributed by atoms with van der Waals surface area (Å²) in [5, 5.41) is 9.27. The van der Waals surface area contributed by atoms with Gasteiger partial charge in [0, 0.05) is 30.4 Å². The maximum absolute atomic E-state index is 11.5. The van der Waals surface area contributed by atoms with Crippen LogP contribution in [0, 0.1) is 6.92 Å². The van der Waals surface area contributed by atoms with E-state index in [1.807, 2.05) is 12.1 Å². The van der Waals surface area contributed by atoms with Gasteiger partial charge in [-0.1, -0.05) is 37.1 Å². The molecule has 0 amide bonds. The van der Waals surface area contributed by atoms with Gasteiger partial charge in [0.15, 0.2) is 0 Å². The fourth-order valence-corrected chi connectivity index (χ4v) is 5.61. The van der Waals surface area contributed by atoms with E-state index in [2.05, 4.69) is 41.4 Å². The molecule has 1 heterocycles. The summed E-state index contributed by atoms with van der Waals surface area (Å²) >= 11 is 0. The number of benzene rings is 2. The first-order chi connectivity index (χ1) is 13.9. The van der Waals surface area contributed by atoms with E-state index in [-0.39, 0.29) is 10.4 Å². The number of nitrogens with one attached hydrogen (secondary N) is 1. The maximum atomic E-state index is 11.5. The second-order valence-corrected chi connectivity index (χ2v) is 10.1. The van der Waals surface area contributed by atoms with E-state index in [0.717, 1.165) is 31.6 Å². The van der Waals surface area contributed by atoms with Gasteiger partial charge < -0.3 is 10.2 Å². The topological polar surface area (TPSA) is 75.4 Å². The second-order valence-electron chi connectivity index (χ2n) is 8.55. The lowest BCUT2D eigenvalue weighted by Crippen LogP contribution is -2.51. The summed E-state index contributed by atoms with van der Waals surface area (Å²) < 4.78 is 22.9. The number of hydrogen-bond donors (Lipinski definition) is 2. The fourth-order valence-electron chi connectivity index (χ4n) is 5.10. The molecule has 2 aliphatic rings. The van der Waals surface area contributed by atoms with E-state index in [1.165, 1.54) is 36.8 Å². The lowest BCUT2D eigenvalue weighted by Gasteiger charge is -2.41. The van der Waals surface area contributed by atoms with Crippen LogP contribution in [0.25, 0.3) is 0 Å². The molecule has 0 spiro atoms. The minimum Gasteiger partial charge on any atom is -0.371 e. The number of anilines is 1. The Morgan fingerprint density at radius 3 is 2.21 bits per heavy atom. The molecule has 0 atom stereocenters. The Bertz CT molecular complexity index is 942. The predicted molar refractivity (Wildman–Crippen MR) is 118 cm³/mol. The zero-order valence-electron chi connectivity index (χ0n) is 17.1. The minimum absolute atomic E-state index is 0.120. The van der Waals surface area contributed by atoms with Gasteiger partial charge in [-0.3, -0.25) is 0 Å². The van der Waals surface area contributed by atoms with Crippen molar-refractivity contribution in [3.05, 3.63) is 59.7 Å². The Hall–Kier alpha value is -1.89. The van der Waals surface area contributed by atoms with Gasteiger partial charge in [0.1, 0.15) is 0 Å². The molecule has 0 radical (unpaired) electrons. The van der Waals surface area contributed by atoms with Crippen molar-refractivity contribution in [3.63, 3.8) is 0 Å². The summed E-state index contributed by atoms with van der Waals surface area (Å²) in [6.45, 7) is 4.16. The predicted octanol–water partition coefficient (Wildman–Crippen LogP) is 3.67. The van der Waals surface area contributed by atoms with E-state index < -0.39 is 10.0 Å². The highest BCUT2D eigenvalue weighted by Gasteiger charge is 2.38. The third kappa shape index (κ3) is 4.34. The minimum atomic E-state index is -3.64. The van der Waals surface area contributed by atoms with Gasteiger partial charge in [-0.25, -0.2) is 13.6 Å². The van der Waals surface area contributed by atoms with Gasteiger partial charge in [-0.05, 0) is 68.0 Å². The molecule has 1 aliphatic carbocycles. The molecular weight excluding hydrogens is 382 g/mol. The van der Waals surface area contributed by atoms with Gasteiger partial charge in [0.2, 0.25) is 10.0 Å². The number of primary sulfonamides is 1. The van der Waals surface area contributed by atoms with Crippen LogP contribution in [-0.4, -0.2) is 27.5 Å². The molecule has 2 fully saturated rings.